The average molecular weight is 753 g/mol. The smallest absolute Gasteiger partial charge is 0.289 e. The van der Waals surface area contributed by atoms with Crippen molar-refractivity contribution in [3.05, 3.63) is 0 Å². The maximum absolute atomic E-state index is 15.1. The van der Waals surface area contributed by atoms with Gasteiger partial charge in [0.05, 0.1) is 12.0 Å². The Hall–Kier alpha value is -3.02. The summed E-state index contributed by atoms with van der Waals surface area (Å²) < 4.78 is 0. The summed E-state index contributed by atoms with van der Waals surface area (Å²) in [6.07, 6.45) is 12.8. The third kappa shape index (κ3) is 7.58. The summed E-state index contributed by atoms with van der Waals surface area (Å²) in [7, 11) is 2.02. The third-order valence-electron chi connectivity index (χ3n) is 14.8. The van der Waals surface area contributed by atoms with Gasteiger partial charge in [-0.1, -0.05) is 73.6 Å². The number of Topliss-reactive ketones (excluding diaryl/α,β-unsaturated/α-hetero) is 1. The quantitative estimate of drug-likeness (QED) is 0.208. The molecule has 54 heavy (non-hydrogen) atoms. The molecule has 6 aliphatic rings. The molecule has 0 unspecified atom stereocenters. The number of piperidine rings is 1. The number of nitrogens with zero attached hydrogens (tertiary/aromatic N) is 2. The molecule has 4 N–H and O–H groups in total. The van der Waals surface area contributed by atoms with Crippen molar-refractivity contribution in [1.82, 2.24) is 31.1 Å². The van der Waals surface area contributed by atoms with Gasteiger partial charge in [-0.2, -0.15) is 0 Å². The molecule has 0 aromatic heterocycles. The van der Waals surface area contributed by atoms with E-state index in [0.29, 0.717) is 32.4 Å². The van der Waals surface area contributed by atoms with Gasteiger partial charge in [0.2, 0.25) is 29.4 Å². The van der Waals surface area contributed by atoms with Gasteiger partial charge < -0.3 is 31.1 Å². The fourth-order valence-electron chi connectivity index (χ4n) is 11.1. The van der Waals surface area contributed by atoms with E-state index >= 15 is 4.79 Å². The van der Waals surface area contributed by atoms with Crippen LogP contribution >= 0.6 is 0 Å². The summed E-state index contributed by atoms with van der Waals surface area (Å²) in [4.78, 5) is 87.7. The molecule has 0 radical (unpaired) electrons. The Morgan fingerprint density at radius 1 is 0.815 bits per heavy atom. The first-order chi connectivity index (χ1) is 25.5. The molecule has 4 saturated carbocycles. The summed E-state index contributed by atoms with van der Waals surface area (Å²) in [5, 5.41) is 12.0. The number of nitrogens with one attached hydrogen (secondary N) is 4. The van der Waals surface area contributed by atoms with Gasteiger partial charge in [-0.15, -0.1) is 0 Å². The molecule has 0 aromatic rings. The second kappa shape index (κ2) is 15.5. The van der Waals surface area contributed by atoms with Crippen LogP contribution in [0, 0.1) is 33.5 Å². The number of likely N-dealkylation sites (tertiary alicyclic amines) is 2. The summed E-state index contributed by atoms with van der Waals surface area (Å²) in [5.41, 5.74) is -1.02. The Bertz CT molecular complexity index is 1480. The monoisotopic (exact) mass is 753 g/mol. The van der Waals surface area contributed by atoms with Crippen LogP contribution in [0.15, 0.2) is 0 Å². The van der Waals surface area contributed by atoms with E-state index in [1.54, 1.807) is 4.90 Å². The van der Waals surface area contributed by atoms with Crippen LogP contribution < -0.4 is 21.3 Å². The Kier molecular flexibility index (Phi) is 11.7. The van der Waals surface area contributed by atoms with Crippen LogP contribution in [0.3, 0.4) is 0 Å². The molecular formula is C42H68N6O6. The fourth-order valence-corrected chi connectivity index (χ4v) is 11.1. The highest BCUT2D eigenvalue weighted by Gasteiger charge is 2.85. The number of hydrogen-bond acceptors (Lipinski definition) is 7. The first-order valence-electron chi connectivity index (χ1n) is 21.2. The van der Waals surface area contributed by atoms with Crippen LogP contribution in [0.2, 0.25) is 0 Å². The van der Waals surface area contributed by atoms with Crippen LogP contribution in [0.5, 0.6) is 0 Å². The lowest BCUT2D eigenvalue weighted by atomic mass is 9.73. The van der Waals surface area contributed by atoms with Gasteiger partial charge in [0.25, 0.3) is 5.91 Å². The average Bonchev–Trinajstić information content (AvgIpc) is 3.93. The third-order valence-corrected chi connectivity index (χ3v) is 14.8. The largest absolute Gasteiger partial charge is 0.347 e. The zero-order chi connectivity index (χ0) is 39.2. The number of fused-ring (bicyclic) bond motifs is 1. The zero-order valence-electron chi connectivity index (χ0n) is 34.1. The van der Waals surface area contributed by atoms with E-state index < -0.39 is 47.2 Å². The van der Waals surface area contributed by atoms with Crippen LogP contribution in [-0.4, -0.2) is 102 Å². The lowest BCUT2D eigenvalue weighted by Crippen LogP contribution is -2.62. The second-order valence-electron chi connectivity index (χ2n) is 19.6. The summed E-state index contributed by atoms with van der Waals surface area (Å²) in [6.45, 7) is 14.2. The maximum Gasteiger partial charge on any atom is 0.289 e. The van der Waals surface area contributed by atoms with Crippen molar-refractivity contribution in [2.45, 2.75) is 168 Å². The predicted octanol–water partition coefficient (Wildman–Crippen LogP) is 3.85. The Labute approximate surface area is 322 Å². The van der Waals surface area contributed by atoms with Crippen molar-refractivity contribution in [3.8, 4) is 0 Å². The van der Waals surface area contributed by atoms with Gasteiger partial charge in [-0.25, -0.2) is 0 Å². The zero-order valence-corrected chi connectivity index (χ0v) is 34.1. The van der Waals surface area contributed by atoms with Crippen molar-refractivity contribution >= 4 is 35.3 Å². The molecule has 0 aromatic carbocycles. The number of amides is 5. The van der Waals surface area contributed by atoms with E-state index in [-0.39, 0.29) is 51.8 Å². The molecule has 6 atom stereocenters. The number of hydrogen-bond donors (Lipinski definition) is 4. The maximum atomic E-state index is 15.1. The molecule has 2 spiro atoms. The fraction of sp³-hybridized carbons (Fsp3) is 0.857. The van der Waals surface area contributed by atoms with Gasteiger partial charge in [0.15, 0.2) is 0 Å². The molecule has 12 heteroatoms. The molecule has 0 bridgehead atoms. The molecule has 6 fully saturated rings. The van der Waals surface area contributed by atoms with Crippen LogP contribution in [-0.2, 0) is 28.8 Å². The highest BCUT2D eigenvalue weighted by atomic mass is 16.2. The lowest BCUT2D eigenvalue weighted by Gasteiger charge is -2.38. The van der Waals surface area contributed by atoms with Crippen LogP contribution in [0.1, 0.15) is 138 Å². The van der Waals surface area contributed by atoms with Gasteiger partial charge in [-0.05, 0) is 100.0 Å². The van der Waals surface area contributed by atoms with Gasteiger partial charge >= 0.3 is 0 Å². The summed E-state index contributed by atoms with van der Waals surface area (Å²) in [6, 6.07) is -3.54. The molecule has 2 saturated heterocycles. The number of ketones is 1. The normalized spacial score (nSPS) is 29.4. The van der Waals surface area contributed by atoms with Crippen LogP contribution in [0.4, 0.5) is 0 Å². The Morgan fingerprint density at radius 3 is 2.06 bits per heavy atom. The first kappa shape index (κ1) is 40.6. The first-order valence-corrected chi connectivity index (χ1v) is 21.2. The summed E-state index contributed by atoms with van der Waals surface area (Å²) >= 11 is 0. The number of carbonyl (C=O) groups is 6. The topological polar surface area (TPSA) is 157 Å². The Morgan fingerprint density at radius 2 is 1.50 bits per heavy atom. The molecule has 2 heterocycles. The summed E-state index contributed by atoms with van der Waals surface area (Å²) in [5.74, 6) is -2.73. The second-order valence-corrected chi connectivity index (χ2v) is 19.6. The van der Waals surface area contributed by atoms with Crippen molar-refractivity contribution < 1.29 is 28.8 Å². The van der Waals surface area contributed by atoms with E-state index in [4.69, 9.17) is 0 Å². The highest BCUT2D eigenvalue weighted by molar-refractivity contribution is 6.38. The Balaban J connectivity index is 1.25. The van der Waals surface area contributed by atoms with Gasteiger partial charge in [-0.3, -0.25) is 28.8 Å². The molecule has 302 valence electrons. The standard InChI is InChI=1S/C42H68N6O6/c1-8-14-29(32(49)37(53)43-28-18-19-28)44-35(51)30-23-42(40(5,6)41(42)20-13-21-41)25-48(30)38(54)33(39(2,3)4)46-36(52)31(26-15-10-9-11-16-26)45-34(50)27-17-12-22-47(7)24-27/h26-31,33H,8-25H2,1-7H3,(H,43,53)(H,44,51)(H,45,50)(H,46,52)/t27-,29-,30-,31-,33+,42+/m0/s1. The van der Waals surface area contributed by atoms with E-state index in [0.717, 1.165) is 83.6 Å². The molecular weight excluding hydrogens is 684 g/mol. The van der Waals surface area contributed by atoms with Crippen molar-refractivity contribution in [1.29, 1.82) is 0 Å². The van der Waals surface area contributed by atoms with Crippen molar-refractivity contribution in [2.75, 3.05) is 26.7 Å². The van der Waals surface area contributed by atoms with Crippen molar-refractivity contribution in [2.24, 2.45) is 33.5 Å². The minimum absolute atomic E-state index is 0.0162. The van der Waals surface area contributed by atoms with Crippen molar-refractivity contribution in [3.63, 3.8) is 0 Å². The molecule has 2 aliphatic heterocycles. The van der Waals surface area contributed by atoms with Gasteiger partial charge in [0.1, 0.15) is 18.1 Å². The molecule has 5 amide bonds. The van der Waals surface area contributed by atoms with E-state index in [9.17, 15) is 24.0 Å². The minimum Gasteiger partial charge on any atom is -0.347 e. The van der Waals surface area contributed by atoms with Crippen LogP contribution in [0.25, 0.3) is 0 Å². The minimum atomic E-state index is -0.985. The van der Waals surface area contributed by atoms with E-state index in [1.165, 1.54) is 0 Å². The highest BCUT2D eigenvalue weighted by Crippen LogP contribution is 2.88. The number of rotatable bonds is 13. The van der Waals surface area contributed by atoms with E-state index in [2.05, 4.69) is 40.0 Å². The molecule has 4 aliphatic carbocycles. The lowest BCUT2D eigenvalue weighted by molar-refractivity contribution is -0.145. The number of carbonyl (C=O) groups excluding carboxylic acids is 6. The molecule has 6 rings (SSSR count). The molecule has 12 nitrogen and oxygen atoms in total. The SMILES string of the molecule is CCC[C@H](NC(=O)[C@@H]1C[C@@]2(CN1C(=O)[C@@H](NC(=O)[C@@H](NC(=O)[C@H]1CCCN(C)C1)C1CCCCC1)C(C)(C)C)C(C)(C)C21CCC1)C(=O)C(=O)NC1CC1. The van der Waals surface area contributed by atoms with E-state index in [1.807, 2.05) is 34.7 Å². The van der Waals surface area contributed by atoms with Gasteiger partial charge in [0, 0.05) is 24.5 Å². The predicted molar refractivity (Wildman–Crippen MR) is 206 cm³/mol.